The number of rotatable bonds is 7. The highest BCUT2D eigenvalue weighted by molar-refractivity contribution is 5.85. The molecule has 0 radical (unpaired) electrons. The van der Waals surface area contributed by atoms with Crippen LogP contribution in [0.3, 0.4) is 0 Å². The number of benzene rings is 1. The van der Waals surface area contributed by atoms with Gasteiger partial charge in [0.05, 0.1) is 13.2 Å². The summed E-state index contributed by atoms with van der Waals surface area (Å²) in [5, 5.41) is 3.41. The molecule has 2 fully saturated rings. The summed E-state index contributed by atoms with van der Waals surface area (Å²) >= 11 is 0. The molecule has 3 rings (SSSR count). The van der Waals surface area contributed by atoms with Gasteiger partial charge in [-0.1, -0.05) is 12.1 Å². The average molecular weight is 398 g/mol. The molecule has 1 aliphatic heterocycles. The lowest BCUT2D eigenvalue weighted by Gasteiger charge is -2.31. The van der Waals surface area contributed by atoms with Crippen LogP contribution >= 0.6 is 12.4 Å². The molecule has 2 aliphatic rings. The second kappa shape index (κ2) is 11.5. The number of halogens is 1. The molecule has 5 nitrogen and oxygen atoms in total. The topological polar surface area (TPSA) is 56.8 Å². The highest BCUT2D eigenvalue weighted by atomic mass is 35.5. The highest BCUT2D eigenvalue weighted by Gasteiger charge is 2.24. The number of hydrogen-bond donors (Lipinski definition) is 1. The number of nitrogens with one attached hydrogen (secondary N) is 1. The van der Waals surface area contributed by atoms with Gasteiger partial charge in [0.2, 0.25) is 0 Å². The number of hydrogen-bond acceptors (Lipinski definition) is 5. The molecule has 1 aromatic carbocycles. The quantitative estimate of drug-likeness (QED) is 0.711. The monoisotopic (exact) mass is 397 g/mol. The fourth-order valence-corrected chi connectivity index (χ4v) is 3.92. The second-order valence-corrected chi connectivity index (χ2v) is 7.43. The molecule has 0 spiro atoms. The zero-order valence-corrected chi connectivity index (χ0v) is 17.0. The molecule has 6 heteroatoms. The second-order valence-electron chi connectivity index (χ2n) is 7.43. The van der Waals surface area contributed by atoms with Gasteiger partial charge in [-0.25, -0.2) is 4.79 Å². The molecule has 27 heavy (non-hydrogen) atoms. The first-order valence-corrected chi connectivity index (χ1v) is 9.86. The predicted octanol–water partition coefficient (Wildman–Crippen LogP) is 3.70. The van der Waals surface area contributed by atoms with E-state index in [9.17, 15) is 4.79 Å². The fraction of sp³-hybridized carbons (Fsp3) is 0.667. The minimum absolute atomic E-state index is 0. The van der Waals surface area contributed by atoms with E-state index in [2.05, 4.69) is 22.2 Å². The summed E-state index contributed by atoms with van der Waals surface area (Å²) < 4.78 is 16.2. The van der Waals surface area contributed by atoms with Crippen molar-refractivity contribution < 1.29 is 19.0 Å². The SMILES string of the molecule is COC(=O)COc1ccc([C@H]2CC[C@H](OCC3CCNCC3)CC2)cc1.Cl. The smallest absolute Gasteiger partial charge is 0.343 e. The largest absolute Gasteiger partial charge is 0.482 e. The van der Waals surface area contributed by atoms with E-state index in [1.54, 1.807) is 0 Å². The van der Waals surface area contributed by atoms with Gasteiger partial charge in [0.15, 0.2) is 6.61 Å². The normalized spacial score (nSPS) is 23.3. The van der Waals surface area contributed by atoms with Crippen LogP contribution < -0.4 is 10.1 Å². The highest BCUT2D eigenvalue weighted by Crippen LogP contribution is 2.35. The fourth-order valence-electron chi connectivity index (χ4n) is 3.92. The van der Waals surface area contributed by atoms with Crippen molar-refractivity contribution in [2.24, 2.45) is 5.92 Å². The van der Waals surface area contributed by atoms with Gasteiger partial charge in [-0.2, -0.15) is 0 Å². The molecule has 1 saturated carbocycles. The summed E-state index contributed by atoms with van der Waals surface area (Å²) in [6.45, 7) is 3.17. The van der Waals surface area contributed by atoms with Crippen molar-refractivity contribution in [1.29, 1.82) is 0 Å². The average Bonchev–Trinajstić information content (AvgIpc) is 2.72. The molecule has 0 atom stereocenters. The summed E-state index contributed by atoms with van der Waals surface area (Å²) in [5.41, 5.74) is 1.35. The standard InChI is InChI=1S/C21H31NO4.ClH/c1-24-21(23)15-26-20-8-4-18(5-9-20)17-2-6-19(7-3-17)25-14-16-10-12-22-13-11-16;/h4-5,8-9,16-17,19,22H,2-3,6-7,10-15H2,1H3;1H/t17-,19-;. The first-order chi connectivity index (χ1) is 12.7. The summed E-state index contributed by atoms with van der Waals surface area (Å²) in [4.78, 5) is 11.1. The zero-order chi connectivity index (χ0) is 18.2. The third-order valence-corrected chi connectivity index (χ3v) is 5.64. The lowest BCUT2D eigenvalue weighted by molar-refractivity contribution is -0.142. The van der Waals surface area contributed by atoms with E-state index in [1.807, 2.05) is 12.1 Å². The van der Waals surface area contributed by atoms with Crippen molar-refractivity contribution in [3.63, 3.8) is 0 Å². The number of esters is 1. The summed E-state index contributed by atoms with van der Waals surface area (Å²) in [6, 6.07) is 8.12. The molecule has 1 N–H and O–H groups in total. The van der Waals surface area contributed by atoms with Gasteiger partial charge in [0.25, 0.3) is 0 Å². The Bertz CT molecular complexity index is 552. The Kier molecular flexibility index (Phi) is 9.39. The van der Waals surface area contributed by atoms with Crippen molar-refractivity contribution >= 4 is 18.4 Å². The predicted molar refractivity (Wildman–Crippen MR) is 108 cm³/mol. The van der Waals surface area contributed by atoms with Crippen molar-refractivity contribution in [2.45, 2.75) is 50.5 Å². The van der Waals surface area contributed by atoms with Crippen molar-refractivity contribution in [2.75, 3.05) is 33.4 Å². The van der Waals surface area contributed by atoms with Crippen LogP contribution in [0.1, 0.15) is 50.0 Å². The molecular formula is C21H32ClNO4. The Morgan fingerprint density at radius 3 is 2.33 bits per heavy atom. The van der Waals surface area contributed by atoms with E-state index in [-0.39, 0.29) is 25.0 Å². The molecule has 0 amide bonds. The first kappa shape index (κ1) is 22.0. The Morgan fingerprint density at radius 1 is 1.04 bits per heavy atom. The maximum atomic E-state index is 11.1. The van der Waals surface area contributed by atoms with Crippen LogP contribution in [0.5, 0.6) is 5.75 Å². The third kappa shape index (κ3) is 6.98. The van der Waals surface area contributed by atoms with Gasteiger partial charge in [0.1, 0.15) is 5.75 Å². The van der Waals surface area contributed by atoms with E-state index >= 15 is 0 Å². The number of carbonyl (C=O) groups excluding carboxylic acids is 1. The maximum Gasteiger partial charge on any atom is 0.343 e. The van der Waals surface area contributed by atoms with Gasteiger partial charge in [-0.15, -0.1) is 12.4 Å². The van der Waals surface area contributed by atoms with Crippen LogP contribution in [0.4, 0.5) is 0 Å². The van der Waals surface area contributed by atoms with Crippen molar-refractivity contribution in [1.82, 2.24) is 5.32 Å². The molecule has 1 heterocycles. The van der Waals surface area contributed by atoms with Crippen molar-refractivity contribution in [3.05, 3.63) is 29.8 Å². The summed E-state index contributed by atoms with van der Waals surface area (Å²) in [6.07, 6.45) is 7.59. The van der Waals surface area contributed by atoms with Gasteiger partial charge in [-0.3, -0.25) is 0 Å². The maximum absolute atomic E-state index is 11.1. The number of piperidine rings is 1. The molecule has 152 valence electrons. The number of carbonyl (C=O) groups is 1. The van der Waals surface area contributed by atoms with Crippen LogP contribution in [0, 0.1) is 5.92 Å². The third-order valence-electron chi connectivity index (χ3n) is 5.64. The molecule has 0 aromatic heterocycles. The van der Waals surface area contributed by atoms with E-state index in [4.69, 9.17) is 9.47 Å². The Morgan fingerprint density at radius 2 is 1.70 bits per heavy atom. The van der Waals surface area contributed by atoms with E-state index < -0.39 is 0 Å². The van der Waals surface area contributed by atoms with Crippen molar-refractivity contribution in [3.8, 4) is 5.75 Å². The molecule has 1 aliphatic carbocycles. The molecule has 1 aromatic rings. The minimum Gasteiger partial charge on any atom is -0.482 e. The molecule has 1 saturated heterocycles. The van der Waals surface area contributed by atoms with E-state index in [1.165, 1.54) is 38.4 Å². The number of methoxy groups -OCH3 is 1. The lowest BCUT2D eigenvalue weighted by Crippen LogP contribution is -2.31. The molecular weight excluding hydrogens is 366 g/mol. The van der Waals surface area contributed by atoms with Crippen LogP contribution in [0.25, 0.3) is 0 Å². The van der Waals surface area contributed by atoms with Crippen LogP contribution in [0.15, 0.2) is 24.3 Å². The Labute approximate surface area is 168 Å². The molecule has 0 bridgehead atoms. The van der Waals surface area contributed by atoms with E-state index in [0.717, 1.165) is 38.5 Å². The summed E-state index contributed by atoms with van der Waals surface area (Å²) in [7, 11) is 1.36. The van der Waals surface area contributed by atoms with Gasteiger partial charge in [-0.05, 0) is 81.1 Å². The van der Waals surface area contributed by atoms with Crippen LogP contribution in [0.2, 0.25) is 0 Å². The van der Waals surface area contributed by atoms with Gasteiger partial charge >= 0.3 is 5.97 Å². The zero-order valence-electron chi connectivity index (χ0n) is 16.2. The van der Waals surface area contributed by atoms with Crippen LogP contribution in [-0.4, -0.2) is 45.5 Å². The van der Waals surface area contributed by atoms with Gasteiger partial charge < -0.3 is 19.5 Å². The molecule has 0 unspecified atom stereocenters. The first-order valence-electron chi connectivity index (χ1n) is 9.86. The van der Waals surface area contributed by atoms with E-state index in [0.29, 0.717) is 17.8 Å². The minimum atomic E-state index is -0.364. The van der Waals surface area contributed by atoms with Gasteiger partial charge in [0, 0.05) is 6.61 Å². The Hall–Kier alpha value is -1.30. The van der Waals surface area contributed by atoms with Crippen LogP contribution in [-0.2, 0) is 14.3 Å². The lowest BCUT2D eigenvalue weighted by atomic mass is 9.82. The Balaban J connectivity index is 0.00000261. The number of ether oxygens (including phenoxy) is 3. The summed E-state index contributed by atoms with van der Waals surface area (Å²) in [5.74, 6) is 1.69.